The summed E-state index contributed by atoms with van der Waals surface area (Å²) in [7, 11) is 0. The molecule has 39 heavy (non-hydrogen) atoms. The van der Waals surface area contributed by atoms with Crippen molar-refractivity contribution in [2.45, 2.75) is 66.9 Å². The zero-order valence-corrected chi connectivity index (χ0v) is 22.8. The van der Waals surface area contributed by atoms with E-state index in [1.807, 2.05) is 35.4 Å². The molecule has 4 aliphatic heterocycles. The summed E-state index contributed by atoms with van der Waals surface area (Å²) in [5.74, 6) is 2.39. The quantitative estimate of drug-likeness (QED) is 0.485. The Morgan fingerprint density at radius 3 is 2.79 bits per heavy atom. The van der Waals surface area contributed by atoms with Crippen LogP contribution in [-0.4, -0.2) is 80.9 Å². The fourth-order valence-corrected chi connectivity index (χ4v) is 7.45. The Labute approximate surface area is 231 Å². The molecule has 206 valence electrons. The van der Waals surface area contributed by atoms with Gasteiger partial charge in [0.25, 0.3) is 0 Å². The van der Waals surface area contributed by atoms with Crippen molar-refractivity contribution in [3.05, 3.63) is 42.6 Å². The first-order valence-corrected chi connectivity index (χ1v) is 14.5. The van der Waals surface area contributed by atoms with Crippen molar-refractivity contribution in [2.24, 2.45) is 11.1 Å². The van der Waals surface area contributed by atoms with E-state index in [0.29, 0.717) is 23.4 Å². The SMILES string of the molecule is C[C@@H]1OCC2(CCN(c3ncc(Sc4ccnc5c4OC[C@@H]4C[C@@H](n6cccn6)CN54)nc3CO)CC2)[C@@H]1N. The normalized spacial score (nSPS) is 27.5. The Morgan fingerprint density at radius 2 is 2.05 bits per heavy atom. The molecule has 3 aromatic heterocycles. The van der Waals surface area contributed by atoms with Gasteiger partial charge in [0.2, 0.25) is 0 Å². The highest BCUT2D eigenvalue weighted by Gasteiger charge is 2.48. The highest BCUT2D eigenvalue weighted by molar-refractivity contribution is 7.99. The molecule has 7 heterocycles. The van der Waals surface area contributed by atoms with Crippen LogP contribution in [0.15, 0.2) is 46.8 Å². The molecule has 7 rings (SSSR count). The van der Waals surface area contributed by atoms with Gasteiger partial charge in [0.1, 0.15) is 17.3 Å². The van der Waals surface area contributed by atoms with Gasteiger partial charge in [-0.15, -0.1) is 0 Å². The number of rotatable bonds is 5. The number of nitrogens with two attached hydrogens (primary N) is 1. The van der Waals surface area contributed by atoms with Gasteiger partial charge in [-0.2, -0.15) is 5.10 Å². The summed E-state index contributed by atoms with van der Waals surface area (Å²) in [6, 6.07) is 4.55. The summed E-state index contributed by atoms with van der Waals surface area (Å²) in [5, 5.41) is 15.3. The molecule has 4 atom stereocenters. The van der Waals surface area contributed by atoms with Crippen LogP contribution in [0.25, 0.3) is 0 Å². The first-order valence-electron chi connectivity index (χ1n) is 13.7. The van der Waals surface area contributed by atoms with Gasteiger partial charge in [0.15, 0.2) is 17.4 Å². The molecule has 12 heteroatoms. The molecule has 0 bridgehead atoms. The average Bonchev–Trinajstić information content (AvgIpc) is 3.71. The smallest absolute Gasteiger partial charge is 0.175 e. The van der Waals surface area contributed by atoms with Crippen LogP contribution in [0.5, 0.6) is 5.75 Å². The van der Waals surface area contributed by atoms with Gasteiger partial charge in [-0.05, 0) is 38.3 Å². The summed E-state index contributed by atoms with van der Waals surface area (Å²) in [6.07, 6.45) is 10.4. The molecule has 4 aliphatic rings. The molecule has 11 nitrogen and oxygen atoms in total. The zero-order valence-electron chi connectivity index (χ0n) is 22.0. The number of hydrogen-bond acceptors (Lipinski definition) is 11. The van der Waals surface area contributed by atoms with E-state index in [0.717, 1.165) is 67.8 Å². The maximum absolute atomic E-state index is 10.2. The maximum Gasteiger partial charge on any atom is 0.175 e. The molecular formula is C27H34N8O3S. The Kier molecular flexibility index (Phi) is 6.37. The minimum Gasteiger partial charge on any atom is -0.486 e. The van der Waals surface area contributed by atoms with Gasteiger partial charge in [-0.1, -0.05) is 11.8 Å². The third kappa shape index (κ3) is 4.33. The monoisotopic (exact) mass is 550 g/mol. The Balaban J connectivity index is 1.08. The lowest BCUT2D eigenvalue weighted by molar-refractivity contribution is 0.0973. The van der Waals surface area contributed by atoms with Gasteiger partial charge in [0.05, 0.1) is 42.5 Å². The number of piperidine rings is 1. The van der Waals surface area contributed by atoms with Crippen LogP contribution in [0.1, 0.15) is 37.9 Å². The van der Waals surface area contributed by atoms with E-state index in [-0.39, 0.29) is 30.2 Å². The predicted octanol–water partition coefficient (Wildman–Crippen LogP) is 2.26. The Morgan fingerprint density at radius 1 is 1.18 bits per heavy atom. The molecule has 0 aromatic carbocycles. The average molecular weight is 551 g/mol. The van der Waals surface area contributed by atoms with E-state index in [9.17, 15) is 5.11 Å². The number of anilines is 2. The summed E-state index contributed by atoms with van der Waals surface area (Å²) in [5.41, 5.74) is 7.11. The number of hydrogen-bond donors (Lipinski definition) is 2. The number of pyridine rings is 1. The maximum atomic E-state index is 10.2. The second-order valence-corrected chi connectivity index (χ2v) is 12.1. The van der Waals surface area contributed by atoms with Gasteiger partial charge in [0, 0.05) is 49.7 Å². The van der Waals surface area contributed by atoms with E-state index >= 15 is 0 Å². The second-order valence-electron chi connectivity index (χ2n) is 11.1. The van der Waals surface area contributed by atoms with Crippen LogP contribution in [0.3, 0.4) is 0 Å². The van der Waals surface area contributed by atoms with Gasteiger partial charge in [-0.3, -0.25) is 4.68 Å². The van der Waals surface area contributed by atoms with Crippen molar-refractivity contribution < 1.29 is 14.6 Å². The second kappa shape index (κ2) is 9.92. The number of nitrogens with zero attached hydrogens (tertiary/aromatic N) is 7. The summed E-state index contributed by atoms with van der Waals surface area (Å²) >= 11 is 1.49. The molecule has 1 spiro atoms. The van der Waals surface area contributed by atoms with E-state index in [1.54, 1.807) is 6.20 Å². The van der Waals surface area contributed by atoms with Crippen molar-refractivity contribution in [3.63, 3.8) is 0 Å². The van der Waals surface area contributed by atoms with Crippen molar-refractivity contribution in [1.82, 2.24) is 24.7 Å². The molecule has 0 saturated carbocycles. The lowest BCUT2D eigenvalue weighted by Gasteiger charge is -2.41. The fraction of sp³-hybridized carbons (Fsp3) is 0.556. The molecular weight excluding hydrogens is 516 g/mol. The molecule has 0 radical (unpaired) electrons. The van der Waals surface area contributed by atoms with Crippen LogP contribution in [-0.2, 0) is 11.3 Å². The molecule has 3 fully saturated rings. The van der Waals surface area contributed by atoms with Gasteiger partial charge in [-0.25, -0.2) is 15.0 Å². The molecule has 3 N–H and O–H groups in total. The molecule has 0 unspecified atom stereocenters. The number of ether oxygens (including phenoxy) is 2. The van der Waals surface area contributed by atoms with Crippen molar-refractivity contribution in [2.75, 3.05) is 42.6 Å². The third-order valence-electron chi connectivity index (χ3n) is 8.90. The van der Waals surface area contributed by atoms with Crippen LogP contribution in [0.2, 0.25) is 0 Å². The minimum absolute atomic E-state index is 0.0334. The summed E-state index contributed by atoms with van der Waals surface area (Å²) < 4.78 is 14.2. The topological polar surface area (TPSA) is 128 Å². The van der Waals surface area contributed by atoms with Crippen molar-refractivity contribution >= 4 is 23.4 Å². The molecule has 0 amide bonds. The van der Waals surface area contributed by atoms with E-state index in [2.05, 4.69) is 26.8 Å². The fourth-order valence-electron chi connectivity index (χ4n) is 6.59. The predicted molar refractivity (Wildman–Crippen MR) is 146 cm³/mol. The van der Waals surface area contributed by atoms with Crippen LogP contribution in [0, 0.1) is 5.41 Å². The van der Waals surface area contributed by atoms with Crippen LogP contribution in [0.4, 0.5) is 11.6 Å². The van der Waals surface area contributed by atoms with Crippen LogP contribution < -0.4 is 20.3 Å². The largest absolute Gasteiger partial charge is 0.486 e. The number of fused-ring (bicyclic) bond motifs is 3. The molecule has 3 aromatic rings. The van der Waals surface area contributed by atoms with Crippen LogP contribution >= 0.6 is 11.8 Å². The number of aliphatic hydroxyl groups is 1. The summed E-state index contributed by atoms with van der Waals surface area (Å²) in [4.78, 5) is 19.7. The number of aliphatic hydroxyl groups excluding tert-OH is 1. The first kappa shape index (κ1) is 25.1. The van der Waals surface area contributed by atoms with E-state index < -0.39 is 0 Å². The van der Waals surface area contributed by atoms with E-state index in [4.69, 9.17) is 25.2 Å². The standard InChI is InChI=1S/C27H34N8O3S/c1-17-24(28)27(16-38-17)4-9-33(10-5-27)25-20(14-36)32-22(12-30-25)39-21-3-7-29-26-23(21)37-15-19-11-18(13-34(19)26)35-8-2-6-31-35/h2-3,6-8,12,17-19,24,36H,4-5,9-11,13-16,28H2,1H3/t17-,18+,19-,24+/m0/s1. The lowest BCUT2D eigenvalue weighted by Crippen LogP contribution is -2.51. The zero-order chi connectivity index (χ0) is 26.6. The number of aromatic nitrogens is 5. The Bertz CT molecular complexity index is 1330. The minimum atomic E-state index is -0.173. The Hall–Kier alpha value is -2.93. The van der Waals surface area contributed by atoms with Crippen molar-refractivity contribution in [1.29, 1.82) is 0 Å². The molecule has 0 aliphatic carbocycles. The van der Waals surface area contributed by atoms with Crippen molar-refractivity contribution in [3.8, 4) is 5.75 Å². The van der Waals surface area contributed by atoms with Gasteiger partial charge >= 0.3 is 0 Å². The third-order valence-corrected chi connectivity index (χ3v) is 9.85. The van der Waals surface area contributed by atoms with Gasteiger partial charge < -0.3 is 30.1 Å². The summed E-state index contributed by atoms with van der Waals surface area (Å²) in [6.45, 7) is 5.70. The first-order chi connectivity index (χ1) is 19.0. The molecule has 3 saturated heterocycles. The highest BCUT2D eigenvalue weighted by atomic mass is 32.2. The highest BCUT2D eigenvalue weighted by Crippen LogP contribution is 2.46. The van der Waals surface area contributed by atoms with E-state index in [1.165, 1.54) is 11.8 Å². The lowest BCUT2D eigenvalue weighted by atomic mass is 9.73.